The van der Waals surface area contributed by atoms with E-state index in [1.54, 1.807) is 0 Å². The van der Waals surface area contributed by atoms with Gasteiger partial charge < -0.3 is 4.90 Å². The van der Waals surface area contributed by atoms with Gasteiger partial charge in [0.05, 0.1) is 0 Å². The first-order valence-corrected chi connectivity index (χ1v) is 7.62. The summed E-state index contributed by atoms with van der Waals surface area (Å²) in [7, 11) is 0. The highest BCUT2D eigenvalue weighted by molar-refractivity contribution is 9.10. The van der Waals surface area contributed by atoms with Crippen LogP contribution in [0.5, 0.6) is 0 Å². The number of rotatable bonds is 5. The first kappa shape index (κ1) is 14.7. The van der Waals surface area contributed by atoms with Gasteiger partial charge in [0.15, 0.2) is 0 Å². The maximum atomic E-state index is 12.3. The Morgan fingerprint density at radius 3 is 2.53 bits per heavy atom. The zero-order chi connectivity index (χ0) is 12.8. The predicted octanol–water partition coefficient (Wildman–Crippen LogP) is 4.00. The van der Waals surface area contributed by atoms with E-state index in [-0.39, 0.29) is 5.91 Å². The molecule has 17 heavy (non-hydrogen) atoms. The number of nitrogens with zero attached hydrogens (tertiary/aromatic N) is 1. The van der Waals surface area contributed by atoms with Crippen LogP contribution in [0.25, 0.3) is 0 Å². The molecule has 1 aromatic carbocycles. The maximum Gasteiger partial charge on any atom is 0.253 e. The van der Waals surface area contributed by atoms with E-state index >= 15 is 0 Å². The molecule has 0 aromatic heterocycles. The van der Waals surface area contributed by atoms with Crippen LogP contribution < -0.4 is 0 Å². The molecule has 0 unspecified atom stereocenters. The molecule has 0 heterocycles. The van der Waals surface area contributed by atoms with Crippen molar-refractivity contribution >= 4 is 37.8 Å². The van der Waals surface area contributed by atoms with Crippen LogP contribution in [-0.4, -0.2) is 29.2 Å². The molecule has 1 aromatic rings. The van der Waals surface area contributed by atoms with Crippen LogP contribution in [0, 0.1) is 6.92 Å². The van der Waals surface area contributed by atoms with Gasteiger partial charge in [-0.05, 0) is 37.1 Å². The van der Waals surface area contributed by atoms with Crippen LogP contribution in [0.2, 0.25) is 0 Å². The normalized spacial score (nSPS) is 10.4. The van der Waals surface area contributed by atoms with Gasteiger partial charge in [0.25, 0.3) is 5.91 Å². The summed E-state index contributed by atoms with van der Waals surface area (Å²) >= 11 is 6.82. The molecule has 0 atom stereocenters. The van der Waals surface area contributed by atoms with E-state index in [9.17, 15) is 4.79 Å². The predicted molar refractivity (Wildman–Crippen MR) is 78.9 cm³/mol. The maximum absolute atomic E-state index is 12.3. The number of aryl methyl sites for hydroxylation is 1. The molecular formula is C13H17Br2NO. The molecule has 0 radical (unpaired) electrons. The van der Waals surface area contributed by atoms with Gasteiger partial charge in [-0.25, -0.2) is 0 Å². The topological polar surface area (TPSA) is 20.3 Å². The van der Waals surface area contributed by atoms with Crippen molar-refractivity contribution in [1.82, 2.24) is 4.90 Å². The van der Waals surface area contributed by atoms with Gasteiger partial charge >= 0.3 is 0 Å². The Morgan fingerprint density at radius 1 is 1.29 bits per heavy atom. The summed E-state index contributed by atoms with van der Waals surface area (Å²) < 4.78 is 0.955. The zero-order valence-corrected chi connectivity index (χ0v) is 13.3. The van der Waals surface area contributed by atoms with Crippen LogP contribution in [0.3, 0.4) is 0 Å². The second-order valence-electron chi connectivity index (χ2n) is 4.00. The SMILES string of the molecule is CCCN(CCBr)C(=O)c1cc(C)cc(Br)c1. The molecule has 0 aliphatic rings. The minimum absolute atomic E-state index is 0.107. The lowest BCUT2D eigenvalue weighted by molar-refractivity contribution is 0.0766. The van der Waals surface area contributed by atoms with Crippen molar-refractivity contribution in [2.45, 2.75) is 20.3 Å². The second kappa shape index (κ2) is 7.17. The second-order valence-corrected chi connectivity index (χ2v) is 5.71. The van der Waals surface area contributed by atoms with Crippen LogP contribution >= 0.6 is 31.9 Å². The van der Waals surface area contributed by atoms with Crippen LogP contribution in [0.4, 0.5) is 0 Å². The molecular weight excluding hydrogens is 346 g/mol. The number of carbonyl (C=O) groups excluding carboxylic acids is 1. The van der Waals surface area contributed by atoms with Crippen LogP contribution in [0.1, 0.15) is 29.3 Å². The summed E-state index contributed by atoms with van der Waals surface area (Å²) in [5.41, 5.74) is 1.85. The Balaban J connectivity index is 2.92. The van der Waals surface area contributed by atoms with Crippen molar-refractivity contribution in [2.75, 3.05) is 18.4 Å². The van der Waals surface area contributed by atoms with Gasteiger partial charge in [-0.15, -0.1) is 0 Å². The highest BCUT2D eigenvalue weighted by Gasteiger charge is 2.14. The van der Waals surface area contributed by atoms with Crippen molar-refractivity contribution in [3.8, 4) is 0 Å². The standard InChI is InChI=1S/C13H17Br2NO/c1-3-5-16(6-4-14)13(17)11-7-10(2)8-12(15)9-11/h7-9H,3-6H2,1-2H3. The summed E-state index contributed by atoms with van der Waals surface area (Å²) in [6.07, 6.45) is 0.978. The van der Waals surface area contributed by atoms with E-state index in [0.717, 1.165) is 40.4 Å². The van der Waals surface area contributed by atoms with E-state index in [1.165, 1.54) is 0 Å². The minimum Gasteiger partial charge on any atom is -0.338 e. The number of amides is 1. The molecule has 0 aliphatic carbocycles. The highest BCUT2D eigenvalue weighted by atomic mass is 79.9. The lowest BCUT2D eigenvalue weighted by Crippen LogP contribution is -2.33. The Hall–Kier alpha value is -0.350. The number of halogens is 2. The van der Waals surface area contributed by atoms with E-state index in [4.69, 9.17) is 0 Å². The molecule has 1 rings (SSSR count). The Labute approximate surface area is 120 Å². The van der Waals surface area contributed by atoms with Crippen molar-refractivity contribution in [1.29, 1.82) is 0 Å². The van der Waals surface area contributed by atoms with Crippen molar-refractivity contribution in [2.24, 2.45) is 0 Å². The third-order valence-electron chi connectivity index (χ3n) is 2.42. The Bertz CT molecular complexity index is 367. The lowest BCUT2D eigenvalue weighted by Gasteiger charge is -2.21. The molecule has 0 saturated heterocycles. The van der Waals surface area contributed by atoms with Crippen molar-refractivity contribution in [3.63, 3.8) is 0 Å². The molecule has 0 spiro atoms. The number of carbonyl (C=O) groups is 1. The summed E-state index contributed by atoms with van der Waals surface area (Å²) in [6, 6.07) is 5.82. The van der Waals surface area contributed by atoms with Gasteiger partial charge in [0.1, 0.15) is 0 Å². The molecule has 0 fully saturated rings. The van der Waals surface area contributed by atoms with Crippen molar-refractivity contribution < 1.29 is 4.79 Å². The third-order valence-corrected chi connectivity index (χ3v) is 3.24. The smallest absolute Gasteiger partial charge is 0.253 e. The molecule has 0 bridgehead atoms. The first-order valence-electron chi connectivity index (χ1n) is 5.71. The fourth-order valence-corrected chi connectivity index (χ4v) is 2.77. The fraction of sp³-hybridized carbons (Fsp3) is 0.462. The molecule has 4 heteroatoms. The van der Waals surface area contributed by atoms with E-state index < -0.39 is 0 Å². The summed E-state index contributed by atoms with van der Waals surface area (Å²) in [6.45, 7) is 5.63. The number of benzene rings is 1. The Morgan fingerprint density at radius 2 is 2.00 bits per heavy atom. The average molecular weight is 363 g/mol. The fourth-order valence-electron chi connectivity index (χ4n) is 1.73. The Kier molecular flexibility index (Phi) is 6.20. The van der Waals surface area contributed by atoms with Gasteiger partial charge in [-0.3, -0.25) is 4.79 Å². The van der Waals surface area contributed by atoms with Crippen LogP contribution in [0.15, 0.2) is 22.7 Å². The third kappa shape index (κ3) is 4.43. The molecule has 94 valence electrons. The largest absolute Gasteiger partial charge is 0.338 e. The molecule has 2 nitrogen and oxygen atoms in total. The average Bonchev–Trinajstić information content (AvgIpc) is 2.26. The van der Waals surface area contributed by atoms with E-state index in [1.807, 2.05) is 30.0 Å². The van der Waals surface area contributed by atoms with Gasteiger partial charge in [0.2, 0.25) is 0 Å². The summed E-state index contributed by atoms with van der Waals surface area (Å²) in [5, 5.41) is 0.811. The number of alkyl halides is 1. The highest BCUT2D eigenvalue weighted by Crippen LogP contribution is 2.17. The summed E-state index contributed by atoms with van der Waals surface area (Å²) in [5.74, 6) is 0.107. The van der Waals surface area contributed by atoms with Crippen LogP contribution in [-0.2, 0) is 0 Å². The molecule has 0 aliphatic heterocycles. The molecule has 0 saturated carbocycles. The molecule has 1 amide bonds. The minimum atomic E-state index is 0.107. The quantitative estimate of drug-likeness (QED) is 0.725. The number of hydrogen-bond donors (Lipinski definition) is 0. The summed E-state index contributed by atoms with van der Waals surface area (Å²) in [4.78, 5) is 14.2. The van der Waals surface area contributed by atoms with Crippen molar-refractivity contribution in [3.05, 3.63) is 33.8 Å². The van der Waals surface area contributed by atoms with Gasteiger partial charge in [0, 0.05) is 28.5 Å². The lowest BCUT2D eigenvalue weighted by atomic mass is 10.1. The number of hydrogen-bond acceptors (Lipinski definition) is 1. The van der Waals surface area contributed by atoms with E-state index in [0.29, 0.717) is 0 Å². The van der Waals surface area contributed by atoms with Gasteiger partial charge in [-0.2, -0.15) is 0 Å². The zero-order valence-electron chi connectivity index (χ0n) is 10.2. The molecule has 0 N–H and O–H groups in total. The monoisotopic (exact) mass is 361 g/mol. The van der Waals surface area contributed by atoms with Gasteiger partial charge in [-0.1, -0.05) is 38.8 Å². The van der Waals surface area contributed by atoms with E-state index in [2.05, 4.69) is 38.8 Å². The first-order chi connectivity index (χ1) is 8.08.